The lowest BCUT2D eigenvalue weighted by atomic mass is 10.3. The molecular weight excluding hydrogens is 336 g/mol. The first-order valence-electron chi connectivity index (χ1n) is 8.07. The molecule has 0 unspecified atom stereocenters. The zero-order valence-corrected chi connectivity index (χ0v) is 14.8. The van der Waals surface area contributed by atoms with E-state index < -0.39 is 0 Å². The van der Waals surface area contributed by atoms with Crippen LogP contribution in [0.3, 0.4) is 0 Å². The summed E-state index contributed by atoms with van der Waals surface area (Å²) < 4.78 is 10.7. The Bertz CT molecular complexity index is 749. The van der Waals surface area contributed by atoms with E-state index in [9.17, 15) is 4.79 Å². The van der Waals surface area contributed by atoms with E-state index in [2.05, 4.69) is 5.32 Å². The largest absolute Gasteiger partial charge is 0.492 e. The molecule has 3 aromatic rings. The molecule has 25 heavy (non-hydrogen) atoms. The number of rotatable bonds is 7. The van der Waals surface area contributed by atoms with Crippen LogP contribution in [0.1, 0.15) is 17.4 Å². The number of furan rings is 1. The summed E-state index contributed by atoms with van der Waals surface area (Å²) in [7, 11) is 0. The number of benzene rings is 1. The number of para-hydroxylation sites is 2. The summed E-state index contributed by atoms with van der Waals surface area (Å²) in [6.07, 6.45) is 3.27. The van der Waals surface area contributed by atoms with Gasteiger partial charge >= 0.3 is 6.03 Å². The van der Waals surface area contributed by atoms with Gasteiger partial charge in [0, 0.05) is 10.4 Å². The van der Waals surface area contributed by atoms with Crippen LogP contribution in [0, 0.1) is 0 Å². The second-order valence-corrected chi connectivity index (χ2v) is 6.46. The fourth-order valence-electron chi connectivity index (χ4n) is 2.44. The smallest absolute Gasteiger partial charge is 0.322 e. The number of ether oxygens (including phenoxy) is 1. The number of urea groups is 1. The van der Waals surface area contributed by atoms with Crippen molar-refractivity contribution in [3.8, 4) is 5.75 Å². The molecule has 0 radical (unpaired) electrons. The number of nitrogens with zero attached hydrogens (tertiary/aromatic N) is 1. The molecule has 0 atom stereocenters. The molecule has 0 saturated carbocycles. The van der Waals surface area contributed by atoms with Gasteiger partial charge in [-0.3, -0.25) is 0 Å². The van der Waals surface area contributed by atoms with Gasteiger partial charge < -0.3 is 19.4 Å². The third-order valence-electron chi connectivity index (χ3n) is 3.60. The van der Waals surface area contributed by atoms with Gasteiger partial charge in [-0.1, -0.05) is 18.2 Å². The highest BCUT2D eigenvalue weighted by atomic mass is 32.1. The number of carbonyl (C=O) groups is 1. The van der Waals surface area contributed by atoms with E-state index >= 15 is 0 Å². The highest BCUT2D eigenvalue weighted by molar-refractivity contribution is 7.09. The lowest BCUT2D eigenvalue weighted by Crippen LogP contribution is -2.33. The lowest BCUT2D eigenvalue weighted by Gasteiger charge is -2.23. The molecule has 0 fully saturated rings. The van der Waals surface area contributed by atoms with Gasteiger partial charge in [0.05, 0.1) is 37.9 Å². The number of anilines is 1. The Balaban J connectivity index is 1.76. The topological polar surface area (TPSA) is 54.7 Å². The molecule has 0 aliphatic rings. The van der Waals surface area contributed by atoms with Crippen LogP contribution in [0.25, 0.3) is 0 Å². The minimum atomic E-state index is -0.179. The van der Waals surface area contributed by atoms with Gasteiger partial charge in [-0.25, -0.2) is 4.79 Å². The molecule has 0 aliphatic heterocycles. The predicted octanol–water partition coefficient (Wildman–Crippen LogP) is 4.97. The second-order valence-electron chi connectivity index (χ2n) is 5.43. The number of hydrogen-bond acceptors (Lipinski definition) is 4. The predicted molar refractivity (Wildman–Crippen MR) is 98.9 cm³/mol. The van der Waals surface area contributed by atoms with E-state index in [4.69, 9.17) is 9.15 Å². The van der Waals surface area contributed by atoms with E-state index in [1.807, 2.05) is 54.8 Å². The van der Waals surface area contributed by atoms with Crippen LogP contribution in [0.4, 0.5) is 10.5 Å². The molecule has 2 amide bonds. The monoisotopic (exact) mass is 356 g/mol. The molecular formula is C19H20N2O3S. The van der Waals surface area contributed by atoms with Gasteiger partial charge in [0.25, 0.3) is 0 Å². The van der Waals surface area contributed by atoms with Gasteiger partial charge in [0.1, 0.15) is 5.75 Å². The molecule has 6 heteroatoms. The Kier molecular flexibility index (Phi) is 5.74. The van der Waals surface area contributed by atoms with Crippen molar-refractivity contribution in [2.24, 2.45) is 0 Å². The minimum absolute atomic E-state index is 0.179. The first kappa shape index (κ1) is 17.1. The summed E-state index contributed by atoms with van der Waals surface area (Å²) in [6.45, 7) is 3.46. The van der Waals surface area contributed by atoms with Crippen LogP contribution in [-0.2, 0) is 13.1 Å². The molecule has 0 bridgehead atoms. The molecule has 0 spiro atoms. The third-order valence-corrected chi connectivity index (χ3v) is 4.46. The first-order chi connectivity index (χ1) is 12.3. The standard InChI is InChI=1S/C19H20N2O3S/c1-2-24-18-8-4-3-7-17(18)20-19(22)21(12-15-9-10-23-14-15)13-16-6-5-11-25-16/h3-11,14H,2,12-13H2,1H3,(H,20,22). The maximum atomic E-state index is 12.9. The zero-order valence-electron chi connectivity index (χ0n) is 14.0. The van der Waals surface area contributed by atoms with Crippen molar-refractivity contribution in [1.82, 2.24) is 4.90 Å². The normalized spacial score (nSPS) is 10.4. The van der Waals surface area contributed by atoms with Crippen LogP contribution < -0.4 is 10.1 Å². The van der Waals surface area contributed by atoms with Crippen molar-refractivity contribution in [2.75, 3.05) is 11.9 Å². The van der Waals surface area contributed by atoms with Gasteiger partial charge in [-0.15, -0.1) is 11.3 Å². The highest BCUT2D eigenvalue weighted by Gasteiger charge is 2.17. The van der Waals surface area contributed by atoms with Crippen LogP contribution in [0.5, 0.6) is 5.75 Å². The Morgan fingerprint density at radius 1 is 1.20 bits per heavy atom. The maximum absolute atomic E-state index is 12.9. The Morgan fingerprint density at radius 3 is 2.80 bits per heavy atom. The SMILES string of the molecule is CCOc1ccccc1NC(=O)N(Cc1ccoc1)Cc1cccs1. The highest BCUT2D eigenvalue weighted by Crippen LogP contribution is 2.25. The van der Waals surface area contributed by atoms with Crippen molar-refractivity contribution in [3.05, 3.63) is 70.8 Å². The molecule has 1 aromatic carbocycles. The van der Waals surface area contributed by atoms with Gasteiger partial charge in [0.15, 0.2) is 0 Å². The molecule has 2 heterocycles. The molecule has 1 N–H and O–H groups in total. The molecule has 2 aromatic heterocycles. The lowest BCUT2D eigenvalue weighted by molar-refractivity contribution is 0.206. The van der Waals surface area contributed by atoms with E-state index in [1.54, 1.807) is 28.8 Å². The van der Waals surface area contributed by atoms with Crippen LogP contribution in [0.2, 0.25) is 0 Å². The molecule has 0 aliphatic carbocycles. The summed E-state index contributed by atoms with van der Waals surface area (Å²) >= 11 is 1.63. The number of thiophene rings is 1. The van der Waals surface area contributed by atoms with Crippen molar-refractivity contribution in [3.63, 3.8) is 0 Å². The average molecular weight is 356 g/mol. The average Bonchev–Trinajstić information content (AvgIpc) is 3.30. The molecule has 0 saturated heterocycles. The van der Waals surface area contributed by atoms with Gasteiger partial charge in [-0.05, 0) is 36.6 Å². The summed E-state index contributed by atoms with van der Waals surface area (Å²) in [5, 5.41) is 4.96. The number of carbonyl (C=O) groups excluding carboxylic acids is 1. The third kappa shape index (κ3) is 4.64. The summed E-state index contributed by atoms with van der Waals surface area (Å²) in [5.74, 6) is 0.665. The first-order valence-corrected chi connectivity index (χ1v) is 8.95. The summed E-state index contributed by atoms with van der Waals surface area (Å²) in [4.78, 5) is 15.7. The second kappa shape index (κ2) is 8.39. The van der Waals surface area contributed by atoms with E-state index in [0.717, 1.165) is 10.4 Å². The molecule has 3 rings (SSSR count). The van der Waals surface area contributed by atoms with E-state index in [-0.39, 0.29) is 6.03 Å². The molecule has 5 nitrogen and oxygen atoms in total. The van der Waals surface area contributed by atoms with Crippen molar-refractivity contribution in [2.45, 2.75) is 20.0 Å². The Morgan fingerprint density at radius 2 is 2.08 bits per heavy atom. The Labute approximate surface area is 150 Å². The fourth-order valence-corrected chi connectivity index (χ4v) is 3.16. The number of hydrogen-bond donors (Lipinski definition) is 1. The Hall–Kier alpha value is -2.73. The zero-order chi connectivity index (χ0) is 17.5. The van der Waals surface area contributed by atoms with Gasteiger partial charge in [0.2, 0.25) is 0 Å². The number of amides is 2. The van der Waals surface area contributed by atoms with E-state index in [1.165, 1.54) is 0 Å². The number of nitrogens with one attached hydrogen (secondary N) is 1. The van der Waals surface area contributed by atoms with Crippen molar-refractivity contribution < 1.29 is 13.9 Å². The maximum Gasteiger partial charge on any atom is 0.322 e. The summed E-state index contributed by atoms with van der Waals surface area (Å²) in [5.41, 5.74) is 1.61. The van der Waals surface area contributed by atoms with Gasteiger partial charge in [-0.2, -0.15) is 0 Å². The van der Waals surface area contributed by atoms with Crippen LogP contribution in [0.15, 0.2) is 64.8 Å². The minimum Gasteiger partial charge on any atom is -0.492 e. The molecule has 130 valence electrons. The van der Waals surface area contributed by atoms with Crippen molar-refractivity contribution in [1.29, 1.82) is 0 Å². The van der Waals surface area contributed by atoms with Crippen LogP contribution in [-0.4, -0.2) is 17.5 Å². The fraction of sp³-hybridized carbons (Fsp3) is 0.211. The van der Waals surface area contributed by atoms with Crippen LogP contribution >= 0.6 is 11.3 Å². The van der Waals surface area contributed by atoms with E-state index in [0.29, 0.717) is 31.1 Å². The summed E-state index contributed by atoms with van der Waals surface area (Å²) in [6, 6.07) is 13.1. The quantitative estimate of drug-likeness (QED) is 0.650. The van der Waals surface area contributed by atoms with Crippen molar-refractivity contribution >= 4 is 23.1 Å².